The molecule has 1 saturated heterocycles. The summed E-state index contributed by atoms with van der Waals surface area (Å²) in [6.07, 6.45) is -0.552. The van der Waals surface area contributed by atoms with Gasteiger partial charge in [-0.05, 0) is 26.0 Å². The number of carbonyl (C=O) groups is 1. The van der Waals surface area contributed by atoms with Crippen molar-refractivity contribution < 1.29 is 14.4 Å². The second kappa shape index (κ2) is 8.28. The standard InChI is InChI=1S/C19H23N7O3S/c1-11-12(2)26(29-19(27)22-13-5-4-6-14(9-13)28-3)8-7-25(11)16-15-17(30-10-21-15)24-18(20)23-16/h4-6,9-12H,7-8H2,1-3H3,(H,22,27)(H2,20,23,24). The number of carbonyl (C=O) groups excluding carboxylic acids is 1. The van der Waals surface area contributed by atoms with Gasteiger partial charge in [-0.15, -0.1) is 16.4 Å². The molecule has 0 spiro atoms. The van der Waals surface area contributed by atoms with Crippen molar-refractivity contribution in [1.82, 2.24) is 20.0 Å². The predicted molar refractivity (Wildman–Crippen MR) is 116 cm³/mol. The van der Waals surface area contributed by atoms with Crippen LogP contribution in [0.15, 0.2) is 29.8 Å². The Morgan fingerprint density at radius 3 is 2.90 bits per heavy atom. The summed E-state index contributed by atoms with van der Waals surface area (Å²) in [5.41, 5.74) is 8.96. The number of aromatic nitrogens is 3. The van der Waals surface area contributed by atoms with Crippen molar-refractivity contribution in [2.75, 3.05) is 36.1 Å². The van der Waals surface area contributed by atoms with Crippen molar-refractivity contribution in [3.05, 3.63) is 29.8 Å². The maximum absolute atomic E-state index is 12.4. The fraction of sp³-hybridized carbons (Fsp3) is 0.368. The summed E-state index contributed by atoms with van der Waals surface area (Å²) in [6.45, 7) is 5.16. The predicted octanol–water partition coefficient (Wildman–Crippen LogP) is 2.74. The summed E-state index contributed by atoms with van der Waals surface area (Å²) in [5.74, 6) is 1.58. The molecule has 0 radical (unpaired) electrons. The number of hydrogen-bond donors (Lipinski definition) is 2. The minimum absolute atomic E-state index is 0.00238. The first-order valence-electron chi connectivity index (χ1n) is 9.49. The first kappa shape index (κ1) is 20.1. The van der Waals surface area contributed by atoms with Crippen LogP contribution in [-0.4, -0.2) is 58.4 Å². The molecule has 158 valence electrons. The van der Waals surface area contributed by atoms with Crippen molar-refractivity contribution in [3.8, 4) is 5.75 Å². The molecule has 10 nitrogen and oxygen atoms in total. The van der Waals surface area contributed by atoms with Gasteiger partial charge in [0.2, 0.25) is 5.95 Å². The van der Waals surface area contributed by atoms with Gasteiger partial charge in [-0.1, -0.05) is 6.07 Å². The molecule has 0 bridgehead atoms. The molecular formula is C19H23N7O3S. The molecule has 0 saturated carbocycles. The van der Waals surface area contributed by atoms with Crippen LogP contribution in [0.5, 0.6) is 5.75 Å². The molecule has 4 rings (SSSR count). The van der Waals surface area contributed by atoms with Crippen LogP contribution in [0.2, 0.25) is 0 Å². The van der Waals surface area contributed by atoms with Gasteiger partial charge in [0.05, 0.1) is 25.2 Å². The highest BCUT2D eigenvalue weighted by molar-refractivity contribution is 7.16. The summed E-state index contributed by atoms with van der Waals surface area (Å²) in [5, 5.41) is 4.41. The van der Waals surface area contributed by atoms with Crippen LogP contribution < -0.4 is 20.7 Å². The zero-order valence-electron chi connectivity index (χ0n) is 16.9. The van der Waals surface area contributed by atoms with E-state index in [0.717, 1.165) is 10.3 Å². The largest absolute Gasteiger partial charge is 0.497 e. The molecular weight excluding hydrogens is 406 g/mol. The maximum atomic E-state index is 12.4. The second-order valence-corrected chi connectivity index (χ2v) is 7.80. The van der Waals surface area contributed by atoms with E-state index in [1.54, 1.807) is 41.9 Å². The van der Waals surface area contributed by atoms with E-state index in [2.05, 4.69) is 32.1 Å². The SMILES string of the molecule is COc1cccc(NC(=O)ON2CCN(c3nc(N)nc4scnc34)C(C)C2C)c1. The van der Waals surface area contributed by atoms with Gasteiger partial charge in [0, 0.05) is 24.3 Å². The van der Waals surface area contributed by atoms with Crippen LogP contribution in [0.3, 0.4) is 0 Å². The molecule has 1 aromatic carbocycles. The molecule has 1 amide bonds. The summed E-state index contributed by atoms with van der Waals surface area (Å²) in [6, 6.07) is 7.02. The number of hydrogen-bond acceptors (Lipinski definition) is 10. The van der Waals surface area contributed by atoms with Gasteiger partial charge in [0.15, 0.2) is 10.6 Å². The number of benzene rings is 1. The van der Waals surface area contributed by atoms with Crippen molar-refractivity contribution in [3.63, 3.8) is 0 Å². The van der Waals surface area contributed by atoms with Gasteiger partial charge in [-0.25, -0.2) is 14.8 Å². The fourth-order valence-corrected chi connectivity index (χ4v) is 4.11. The lowest BCUT2D eigenvalue weighted by molar-refractivity contribution is -0.134. The van der Waals surface area contributed by atoms with Gasteiger partial charge in [0.25, 0.3) is 0 Å². The second-order valence-electron chi connectivity index (χ2n) is 6.96. The quantitative estimate of drug-likeness (QED) is 0.645. The molecule has 1 fully saturated rings. The number of amides is 1. The molecule has 3 N–H and O–H groups in total. The van der Waals surface area contributed by atoms with Crippen LogP contribution >= 0.6 is 11.3 Å². The van der Waals surface area contributed by atoms with Gasteiger partial charge < -0.3 is 20.2 Å². The van der Waals surface area contributed by atoms with Crippen molar-refractivity contribution in [2.45, 2.75) is 25.9 Å². The number of hydroxylamine groups is 2. The third-order valence-electron chi connectivity index (χ3n) is 5.19. The summed E-state index contributed by atoms with van der Waals surface area (Å²) in [7, 11) is 1.57. The first-order valence-corrected chi connectivity index (χ1v) is 10.4. The molecule has 3 heterocycles. The number of rotatable bonds is 4. The number of nitrogens with zero attached hydrogens (tertiary/aromatic N) is 5. The van der Waals surface area contributed by atoms with E-state index in [1.165, 1.54) is 11.3 Å². The number of fused-ring (bicyclic) bond motifs is 1. The average Bonchev–Trinajstić information content (AvgIpc) is 3.19. The van der Waals surface area contributed by atoms with E-state index >= 15 is 0 Å². The van der Waals surface area contributed by atoms with Gasteiger partial charge in [-0.2, -0.15) is 4.98 Å². The molecule has 2 unspecified atom stereocenters. The molecule has 0 aliphatic carbocycles. The van der Waals surface area contributed by atoms with Gasteiger partial charge >= 0.3 is 6.09 Å². The number of ether oxygens (including phenoxy) is 1. The fourth-order valence-electron chi connectivity index (χ4n) is 3.45. The number of thiazole rings is 1. The summed E-state index contributed by atoms with van der Waals surface area (Å²) >= 11 is 1.43. The third-order valence-corrected chi connectivity index (χ3v) is 5.91. The first-order chi connectivity index (χ1) is 14.5. The minimum Gasteiger partial charge on any atom is -0.497 e. The molecule has 11 heteroatoms. The highest BCUT2D eigenvalue weighted by atomic mass is 32.1. The Labute approximate surface area is 177 Å². The molecule has 1 aliphatic heterocycles. The Morgan fingerprint density at radius 1 is 1.27 bits per heavy atom. The molecule has 1 aliphatic rings. The third kappa shape index (κ3) is 3.94. The highest BCUT2D eigenvalue weighted by Crippen LogP contribution is 2.30. The van der Waals surface area contributed by atoms with E-state index in [1.807, 2.05) is 6.92 Å². The lowest BCUT2D eigenvalue weighted by Gasteiger charge is -2.43. The number of methoxy groups -OCH3 is 1. The lowest BCUT2D eigenvalue weighted by atomic mass is 10.1. The van der Waals surface area contributed by atoms with Crippen molar-refractivity contribution in [1.29, 1.82) is 0 Å². The maximum Gasteiger partial charge on any atom is 0.430 e. The topological polar surface area (TPSA) is 119 Å². The number of nitrogens with one attached hydrogen (secondary N) is 1. The number of nitrogen functional groups attached to an aromatic ring is 1. The minimum atomic E-state index is -0.552. The number of piperazine rings is 1. The normalized spacial score (nSPS) is 19.6. The Bertz CT molecular complexity index is 1060. The van der Waals surface area contributed by atoms with Crippen molar-refractivity contribution in [2.24, 2.45) is 0 Å². The van der Waals surface area contributed by atoms with Crippen LogP contribution in [0.25, 0.3) is 10.3 Å². The number of anilines is 3. The van der Waals surface area contributed by atoms with Gasteiger partial charge in [0.1, 0.15) is 11.3 Å². The van der Waals surface area contributed by atoms with Crippen LogP contribution in [-0.2, 0) is 4.84 Å². The number of nitrogens with two attached hydrogens (primary N) is 1. The smallest absolute Gasteiger partial charge is 0.430 e. The monoisotopic (exact) mass is 429 g/mol. The van der Waals surface area contributed by atoms with Crippen LogP contribution in [0, 0.1) is 0 Å². The zero-order chi connectivity index (χ0) is 21.3. The lowest BCUT2D eigenvalue weighted by Crippen LogP contribution is -2.58. The molecule has 3 aromatic rings. The molecule has 2 aromatic heterocycles. The Kier molecular flexibility index (Phi) is 5.55. The van der Waals surface area contributed by atoms with E-state index in [4.69, 9.17) is 15.3 Å². The Morgan fingerprint density at radius 2 is 2.10 bits per heavy atom. The van der Waals surface area contributed by atoms with Crippen LogP contribution in [0.1, 0.15) is 13.8 Å². The Hall–Kier alpha value is -3.18. The van der Waals surface area contributed by atoms with E-state index < -0.39 is 6.09 Å². The average molecular weight is 430 g/mol. The summed E-state index contributed by atoms with van der Waals surface area (Å²) in [4.78, 5) is 33.9. The Balaban J connectivity index is 1.45. The van der Waals surface area contributed by atoms with E-state index in [9.17, 15) is 4.79 Å². The van der Waals surface area contributed by atoms with Gasteiger partial charge in [-0.3, -0.25) is 5.32 Å². The van der Waals surface area contributed by atoms with Crippen LogP contribution in [0.4, 0.5) is 22.2 Å². The summed E-state index contributed by atoms with van der Waals surface area (Å²) < 4.78 is 5.17. The van der Waals surface area contributed by atoms with E-state index in [-0.39, 0.29) is 18.0 Å². The highest BCUT2D eigenvalue weighted by Gasteiger charge is 2.35. The van der Waals surface area contributed by atoms with E-state index in [0.29, 0.717) is 30.3 Å². The zero-order valence-corrected chi connectivity index (χ0v) is 17.7. The van der Waals surface area contributed by atoms with Crippen molar-refractivity contribution >= 4 is 45.2 Å². The molecule has 30 heavy (non-hydrogen) atoms. The molecule has 2 atom stereocenters.